The van der Waals surface area contributed by atoms with Crippen molar-refractivity contribution < 1.29 is 0 Å². The molecule has 0 aromatic heterocycles. The third kappa shape index (κ3) is 1.76. The van der Waals surface area contributed by atoms with Crippen LogP contribution in [-0.4, -0.2) is 11.3 Å². The van der Waals surface area contributed by atoms with Crippen LogP contribution in [0.2, 0.25) is 0 Å². The molecule has 1 aromatic rings. The molecule has 2 aliphatic rings. The van der Waals surface area contributed by atoms with Crippen molar-refractivity contribution in [1.29, 1.82) is 0 Å². The number of hydrogen-bond acceptors (Lipinski definition) is 2. The van der Waals surface area contributed by atoms with Crippen LogP contribution in [0.25, 0.3) is 0 Å². The van der Waals surface area contributed by atoms with Gasteiger partial charge in [-0.3, -0.25) is 4.99 Å². The van der Waals surface area contributed by atoms with Gasteiger partial charge in [0.1, 0.15) is 0 Å². The fourth-order valence-corrected chi connectivity index (χ4v) is 3.01. The number of benzene rings is 1. The second kappa shape index (κ2) is 3.98. The van der Waals surface area contributed by atoms with Crippen molar-refractivity contribution >= 4 is 17.1 Å². The smallest absolute Gasteiger partial charge is 0.0861 e. The number of nitrogens with zero attached hydrogens (tertiary/aromatic N) is 1. The first-order valence-electron chi connectivity index (χ1n) is 6.69. The van der Waals surface area contributed by atoms with Crippen LogP contribution < -0.4 is 5.32 Å². The molecule has 1 N–H and O–H groups in total. The normalized spacial score (nSPS) is 29.7. The van der Waals surface area contributed by atoms with E-state index < -0.39 is 0 Å². The average Bonchev–Trinajstić information content (AvgIpc) is 2.34. The Bertz CT molecular complexity index is 530. The highest BCUT2D eigenvalue weighted by molar-refractivity contribution is 6.02. The van der Waals surface area contributed by atoms with Gasteiger partial charge in [0.2, 0.25) is 0 Å². The standard InChI is InChI=1S/C16H20N2/c1-11(2)12-8-9-16(3)15(10-12)17-13-6-4-5-7-14(13)18-16/h4-7,12,18H,1,8-10H2,2-3H3/t12-,16+/m0/s1. The van der Waals surface area contributed by atoms with Gasteiger partial charge >= 0.3 is 0 Å². The Morgan fingerprint density at radius 2 is 2.22 bits per heavy atom. The molecular weight excluding hydrogens is 220 g/mol. The molecule has 0 bridgehead atoms. The highest BCUT2D eigenvalue weighted by Gasteiger charge is 2.39. The quantitative estimate of drug-likeness (QED) is 0.726. The Hall–Kier alpha value is -1.57. The number of aliphatic imine (C=N–C) groups is 1. The number of nitrogens with one attached hydrogen (secondary N) is 1. The summed E-state index contributed by atoms with van der Waals surface area (Å²) in [5, 5.41) is 3.67. The Morgan fingerprint density at radius 3 is 3.00 bits per heavy atom. The summed E-state index contributed by atoms with van der Waals surface area (Å²) in [5.74, 6) is 0.601. The van der Waals surface area contributed by atoms with Crippen LogP contribution in [0, 0.1) is 5.92 Å². The van der Waals surface area contributed by atoms with E-state index in [0.717, 1.165) is 24.2 Å². The number of anilines is 1. The zero-order valence-corrected chi connectivity index (χ0v) is 11.2. The minimum atomic E-state index is 0.0420. The maximum atomic E-state index is 4.88. The maximum absolute atomic E-state index is 4.88. The number of para-hydroxylation sites is 2. The van der Waals surface area contributed by atoms with Crippen LogP contribution in [0.4, 0.5) is 11.4 Å². The van der Waals surface area contributed by atoms with Crippen molar-refractivity contribution in [2.75, 3.05) is 5.32 Å². The van der Waals surface area contributed by atoms with Gasteiger partial charge in [0.25, 0.3) is 0 Å². The monoisotopic (exact) mass is 240 g/mol. The second-order valence-electron chi connectivity index (χ2n) is 5.82. The van der Waals surface area contributed by atoms with E-state index >= 15 is 0 Å². The predicted molar refractivity (Wildman–Crippen MR) is 77.7 cm³/mol. The van der Waals surface area contributed by atoms with Crippen molar-refractivity contribution in [2.45, 2.75) is 38.6 Å². The van der Waals surface area contributed by atoms with Crippen molar-refractivity contribution in [1.82, 2.24) is 0 Å². The number of rotatable bonds is 1. The van der Waals surface area contributed by atoms with E-state index in [-0.39, 0.29) is 5.54 Å². The lowest BCUT2D eigenvalue weighted by molar-refractivity contribution is 0.437. The van der Waals surface area contributed by atoms with Gasteiger partial charge in [-0.2, -0.15) is 0 Å². The van der Waals surface area contributed by atoms with E-state index in [4.69, 9.17) is 4.99 Å². The lowest BCUT2D eigenvalue weighted by Crippen LogP contribution is -2.49. The van der Waals surface area contributed by atoms with E-state index in [2.05, 4.69) is 43.9 Å². The summed E-state index contributed by atoms with van der Waals surface area (Å²) >= 11 is 0. The largest absolute Gasteiger partial charge is 0.373 e. The molecule has 18 heavy (non-hydrogen) atoms. The van der Waals surface area contributed by atoms with Crippen molar-refractivity contribution in [3.8, 4) is 0 Å². The fourth-order valence-electron chi connectivity index (χ4n) is 3.01. The van der Waals surface area contributed by atoms with Gasteiger partial charge in [-0.1, -0.05) is 24.3 Å². The average molecular weight is 240 g/mol. The number of allylic oxidation sites excluding steroid dienone is 1. The fraction of sp³-hybridized carbons (Fsp3) is 0.438. The lowest BCUT2D eigenvalue weighted by Gasteiger charge is -2.43. The third-order valence-corrected chi connectivity index (χ3v) is 4.34. The maximum Gasteiger partial charge on any atom is 0.0861 e. The first-order valence-corrected chi connectivity index (χ1v) is 6.69. The van der Waals surface area contributed by atoms with Crippen molar-refractivity contribution in [2.24, 2.45) is 10.9 Å². The van der Waals surface area contributed by atoms with Gasteiger partial charge in [0, 0.05) is 5.71 Å². The molecule has 2 nitrogen and oxygen atoms in total. The Morgan fingerprint density at radius 1 is 1.44 bits per heavy atom. The van der Waals surface area contributed by atoms with Gasteiger partial charge < -0.3 is 5.32 Å². The van der Waals surface area contributed by atoms with E-state index in [1.807, 2.05) is 6.07 Å². The van der Waals surface area contributed by atoms with Gasteiger partial charge in [0.05, 0.1) is 16.9 Å². The van der Waals surface area contributed by atoms with Crippen molar-refractivity contribution in [3.63, 3.8) is 0 Å². The number of hydrogen-bond donors (Lipinski definition) is 1. The molecule has 0 radical (unpaired) electrons. The molecule has 94 valence electrons. The topological polar surface area (TPSA) is 24.4 Å². The first-order chi connectivity index (χ1) is 8.58. The number of fused-ring (bicyclic) bond motifs is 2. The first kappa shape index (κ1) is 11.5. The zero-order valence-electron chi connectivity index (χ0n) is 11.2. The molecule has 1 heterocycles. The van der Waals surface area contributed by atoms with Gasteiger partial charge in [-0.05, 0) is 51.2 Å². The molecule has 0 saturated heterocycles. The second-order valence-corrected chi connectivity index (χ2v) is 5.82. The molecule has 0 spiro atoms. The molecule has 0 unspecified atom stereocenters. The SMILES string of the molecule is C=C(C)[C@H]1CC[C@@]2(C)Nc3ccccc3N=C2C1. The molecule has 0 amide bonds. The van der Waals surface area contributed by atoms with E-state index in [1.165, 1.54) is 17.7 Å². The van der Waals surface area contributed by atoms with Gasteiger partial charge in [0.15, 0.2) is 0 Å². The molecular formula is C16H20N2. The summed E-state index contributed by atoms with van der Waals surface area (Å²) in [6.45, 7) is 8.52. The van der Waals surface area contributed by atoms with Crippen molar-refractivity contribution in [3.05, 3.63) is 36.4 Å². The summed E-state index contributed by atoms with van der Waals surface area (Å²) in [7, 11) is 0. The van der Waals surface area contributed by atoms with E-state index in [0.29, 0.717) is 5.92 Å². The third-order valence-electron chi connectivity index (χ3n) is 4.34. The predicted octanol–water partition coefficient (Wildman–Crippen LogP) is 4.32. The molecule has 1 fully saturated rings. The molecule has 3 rings (SSSR count). The Kier molecular flexibility index (Phi) is 2.54. The highest BCUT2D eigenvalue weighted by atomic mass is 15.1. The Balaban J connectivity index is 1.99. The van der Waals surface area contributed by atoms with Crippen LogP contribution in [0.1, 0.15) is 33.1 Å². The summed E-state index contributed by atoms with van der Waals surface area (Å²) in [6.07, 6.45) is 3.39. The van der Waals surface area contributed by atoms with Crippen LogP contribution in [0.5, 0.6) is 0 Å². The Labute approximate surface area is 109 Å². The molecule has 2 atom stereocenters. The summed E-state index contributed by atoms with van der Waals surface area (Å²) in [4.78, 5) is 4.88. The van der Waals surface area contributed by atoms with Crippen LogP contribution in [0.15, 0.2) is 41.4 Å². The summed E-state index contributed by atoms with van der Waals surface area (Å²) in [5.41, 5.74) is 4.87. The van der Waals surface area contributed by atoms with Gasteiger partial charge in [-0.25, -0.2) is 0 Å². The van der Waals surface area contributed by atoms with Crippen LogP contribution in [0.3, 0.4) is 0 Å². The minimum absolute atomic E-state index is 0.0420. The molecule has 1 aliphatic carbocycles. The minimum Gasteiger partial charge on any atom is -0.373 e. The van der Waals surface area contributed by atoms with Crippen LogP contribution >= 0.6 is 0 Å². The molecule has 1 aromatic carbocycles. The molecule has 1 saturated carbocycles. The van der Waals surface area contributed by atoms with Gasteiger partial charge in [-0.15, -0.1) is 0 Å². The highest BCUT2D eigenvalue weighted by Crippen LogP contribution is 2.42. The lowest BCUT2D eigenvalue weighted by atomic mass is 9.73. The van der Waals surface area contributed by atoms with E-state index in [1.54, 1.807) is 0 Å². The van der Waals surface area contributed by atoms with Crippen LogP contribution in [-0.2, 0) is 0 Å². The van der Waals surface area contributed by atoms with E-state index in [9.17, 15) is 0 Å². The molecule has 2 heteroatoms. The zero-order chi connectivity index (χ0) is 12.8. The summed E-state index contributed by atoms with van der Waals surface area (Å²) < 4.78 is 0. The molecule has 1 aliphatic heterocycles. The summed E-state index contributed by atoms with van der Waals surface area (Å²) in [6, 6.07) is 8.31.